The van der Waals surface area contributed by atoms with Crippen LogP contribution in [0.2, 0.25) is 0 Å². The summed E-state index contributed by atoms with van der Waals surface area (Å²) in [5.41, 5.74) is 4.41. The number of hydrogen-bond acceptors (Lipinski definition) is 4. The number of likely N-dealkylation sites (tertiary alicyclic amines) is 2. The molecule has 0 bridgehead atoms. The van der Waals surface area contributed by atoms with Gasteiger partial charge in [-0.3, -0.25) is 4.79 Å². The van der Waals surface area contributed by atoms with Crippen LogP contribution in [-0.4, -0.2) is 71.7 Å². The number of aromatic nitrogens is 1. The first-order valence-electron chi connectivity index (χ1n) is 14.2. The Kier molecular flexibility index (Phi) is 8.08. The molecule has 2 aromatic carbocycles. The molecule has 6 nitrogen and oxygen atoms in total. The van der Waals surface area contributed by atoms with Gasteiger partial charge in [0.1, 0.15) is 5.67 Å². The van der Waals surface area contributed by atoms with Crippen LogP contribution in [0.5, 0.6) is 0 Å². The van der Waals surface area contributed by atoms with Gasteiger partial charge in [0.2, 0.25) is 5.91 Å². The van der Waals surface area contributed by atoms with Crippen molar-refractivity contribution in [1.82, 2.24) is 14.4 Å². The highest BCUT2D eigenvalue weighted by atomic mass is 19.1. The average molecular weight is 534 g/mol. The highest BCUT2D eigenvalue weighted by Crippen LogP contribution is 2.33. The van der Waals surface area contributed by atoms with Crippen LogP contribution in [0.15, 0.2) is 48.5 Å². The van der Waals surface area contributed by atoms with Crippen molar-refractivity contribution in [2.45, 2.75) is 58.2 Å². The molecule has 2 aliphatic rings. The summed E-state index contributed by atoms with van der Waals surface area (Å²) < 4.78 is 22.8. The molecule has 3 aromatic rings. The molecule has 7 heteroatoms. The second kappa shape index (κ2) is 11.5. The molecule has 0 saturated carbocycles. The van der Waals surface area contributed by atoms with Crippen molar-refractivity contribution in [2.75, 3.05) is 39.8 Å². The smallest absolute Gasteiger partial charge is 0.337 e. The lowest BCUT2D eigenvalue weighted by atomic mass is 9.90. The Bertz CT molecular complexity index is 1320. The minimum Gasteiger partial charge on any atom is -0.465 e. The number of fused-ring (bicyclic) bond motifs is 1. The third kappa shape index (κ3) is 6.03. The van der Waals surface area contributed by atoms with Crippen molar-refractivity contribution in [3.63, 3.8) is 0 Å². The number of para-hydroxylation sites is 1. The highest BCUT2D eigenvalue weighted by molar-refractivity contribution is 5.89. The Labute approximate surface area is 230 Å². The largest absolute Gasteiger partial charge is 0.465 e. The zero-order valence-corrected chi connectivity index (χ0v) is 23.4. The van der Waals surface area contributed by atoms with Crippen LogP contribution < -0.4 is 0 Å². The number of halogens is 1. The molecular weight excluding hydrogens is 493 g/mol. The van der Waals surface area contributed by atoms with E-state index in [1.54, 1.807) is 11.8 Å². The van der Waals surface area contributed by atoms with E-state index in [4.69, 9.17) is 4.74 Å². The molecule has 208 valence electrons. The van der Waals surface area contributed by atoms with Crippen LogP contribution in [0.4, 0.5) is 4.39 Å². The average Bonchev–Trinajstić information content (AvgIpc) is 3.20. The molecular formula is C32H40FN3O3. The predicted octanol–water partition coefficient (Wildman–Crippen LogP) is 5.39. The fourth-order valence-corrected chi connectivity index (χ4v) is 6.41. The second-order valence-corrected chi connectivity index (χ2v) is 11.4. The zero-order valence-electron chi connectivity index (χ0n) is 23.4. The number of nitrogens with zero attached hydrogens (tertiary/aromatic N) is 3. The van der Waals surface area contributed by atoms with Crippen molar-refractivity contribution in [3.8, 4) is 0 Å². The molecule has 1 aromatic heterocycles. The van der Waals surface area contributed by atoms with E-state index in [2.05, 4.69) is 40.7 Å². The standard InChI is InChI=1S/C32H40FN3O3/c1-23-29(20-25-8-10-27(11-9-25)31(38)39-3)28-6-4-5-7-30(28)36(23)21-26-12-16-34(17-13-26)22-32(33)14-18-35(19-15-32)24(2)37/h4-11,26H,12-22H2,1-3H3. The maximum absolute atomic E-state index is 15.5. The molecule has 0 atom stereocenters. The van der Waals surface area contributed by atoms with Crippen molar-refractivity contribution < 1.29 is 18.7 Å². The molecule has 2 aliphatic heterocycles. The molecule has 0 N–H and O–H groups in total. The minimum atomic E-state index is -1.18. The normalized spacial score (nSPS) is 18.4. The minimum absolute atomic E-state index is 0.0466. The lowest BCUT2D eigenvalue weighted by Crippen LogP contribution is -2.50. The van der Waals surface area contributed by atoms with Gasteiger partial charge in [-0.25, -0.2) is 9.18 Å². The summed E-state index contributed by atoms with van der Waals surface area (Å²) in [5.74, 6) is 0.281. The van der Waals surface area contributed by atoms with Gasteiger partial charge in [0, 0.05) is 62.5 Å². The van der Waals surface area contributed by atoms with Gasteiger partial charge in [0.15, 0.2) is 0 Å². The molecule has 0 unspecified atom stereocenters. The van der Waals surface area contributed by atoms with Gasteiger partial charge in [0.05, 0.1) is 12.7 Å². The number of benzene rings is 2. The Morgan fingerprint density at radius 3 is 2.31 bits per heavy atom. The van der Waals surface area contributed by atoms with Crippen molar-refractivity contribution in [1.29, 1.82) is 0 Å². The summed E-state index contributed by atoms with van der Waals surface area (Å²) in [6, 6.07) is 16.3. The first-order chi connectivity index (χ1) is 18.8. The first-order valence-corrected chi connectivity index (χ1v) is 14.2. The molecule has 5 rings (SSSR count). The van der Waals surface area contributed by atoms with Gasteiger partial charge in [-0.1, -0.05) is 30.3 Å². The summed E-state index contributed by atoms with van der Waals surface area (Å²) in [5, 5.41) is 1.28. The lowest BCUT2D eigenvalue weighted by molar-refractivity contribution is -0.131. The third-order valence-corrected chi connectivity index (χ3v) is 8.88. The summed E-state index contributed by atoms with van der Waals surface area (Å²) in [4.78, 5) is 27.5. The van der Waals surface area contributed by atoms with Crippen LogP contribution >= 0.6 is 0 Å². The third-order valence-electron chi connectivity index (χ3n) is 8.88. The van der Waals surface area contributed by atoms with Crippen LogP contribution in [0.3, 0.4) is 0 Å². The quantitative estimate of drug-likeness (QED) is 0.382. The fourth-order valence-electron chi connectivity index (χ4n) is 6.41. The topological polar surface area (TPSA) is 54.8 Å². The number of esters is 1. The van der Waals surface area contributed by atoms with E-state index < -0.39 is 5.67 Å². The van der Waals surface area contributed by atoms with Gasteiger partial charge >= 0.3 is 5.97 Å². The lowest BCUT2D eigenvalue weighted by Gasteiger charge is -2.41. The number of methoxy groups -OCH3 is 1. The molecule has 1 amide bonds. The van der Waals surface area contributed by atoms with E-state index >= 15 is 4.39 Å². The van der Waals surface area contributed by atoms with Gasteiger partial charge in [-0.15, -0.1) is 0 Å². The molecule has 39 heavy (non-hydrogen) atoms. The number of ether oxygens (including phenoxy) is 1. The number of hydrogen-bond donors (Lipinski definition) is 0. The summed E-state index contributed by atoms with van der Waals surface area (Å²) in [6.07, 6.45) is 3.81. The Balaban J connectivity index is 1.23. The summed E-state index contributed by atoms with van der Waals surface area (Å²) >= 11 is 0. The first kappa shape index (κ1) is 27.4. The monoisotopic (exact) mass is 533 g/mol. The second-order valence-electron chi connectivity index (χ2n) is 11.4. The van der Waals surface area contributed by atoms with Gasteiger partial charge in [-0.2, -0.15) is 0 Å². The van der Waals surface area contributed by atoms with E-state index in [1.165, 1.54) is 29.3 Å². The number of alkyl halides is 1. The Morgan fingerprint density at radius 1 is 1.00 bits per heavy atom. The predicted molar refractivity (Wildman–Crippen MR) is 152 cm³/mol. The van der Waals surface area contributed by atoms with Gasteiger partial charge in [-0.05, 0) is 74.5 Å². The van der Waals surface area contributed by atoms with Gasteiger partial charge in [0.25, 0.3) is 0 Å². The molecule has 3 heterocycles. The van der Waals surface area contributed by atoms with E-state index in [0.717, 1.165) is 44.5 Å². The van der Waals surface area contributed by atoms with Crippen LogP contribution in [0, 0.1) is 12.8 Å². The zero-order chi connectivity index (χ0) is 27.6. The Hall–Kier alpha value is -3.19. The maximum atomic E-state index is 15.5. The molecule has 0 radical (unpaired) electrons. The SMILES string of the molecule is COC(=O)c1ccc(Cc2c(C)n(CC3CCN(CC4(F)CCN(C(C)=O)CC4)CC3)c3ccccc23)cc1. The highest BCUT2D eigenvalue weighted by Gasteiger charge is 2.37. The maximum Gasteiger partial charge on any atom is 0.337 e. The van der Waals surface area contributed by atoms with Crippen molar-refractivity contribution in [3.05, 3.63) is 70.9 Å². The van der Waals surface area contributed by atoms with E-state index in [-0.39, 0.29) is 11.9 Å². The number of amides is 1. The summed E-state index contributed by atoms with van der Waals surface area (Å²) in [7, 11) is 1.40. The van der Waals surface area contributed by atoms with E-state index in [1.807, 2.05) is 24.3 Å². The van der Waals surface area contributed by atoms with E-state index in [9.17, 15) is 9.59 Å². The molecule has 0 aliphatic carbocycles. The number of carbonyl (C=O) groups is 2. The van der Waals surface area contributed by atoms with Crippen molar-refractivity contribution in [2.24, 2.45) is 5.92 Å². The molecule has 2 fully saturated rings. The number of rotatable bonds is 7. The molecule has 0 spiro atoms. The number of carbonyl (C=O) groups excluding carboxylic acids is 2. The van der Waals surface area contributed by atoms with E-state index in [0.29, 0.717) is 44.0 Å². The van der Waals surface area contributed by atoms with Crippen LogP contribution in [0.25, 0.3) is 10.9 Å². The summed E-state index contributed by atoms with van der Waals surface area (Å²) in [6.45, 7) is 8.13. The molecule has 2 saturated heterocycles. The Morgan fingerprint density at radius 2 is 1.67 bits per heavy atom. The fraction of sp³-hybridized carbons (Fsp3) is 0.500. The van der Waals surface area contributed by atoms with Crippen LogP contribution in [0.1, 0.15) is 59.8 Å². The number of piperidine rings is 2. The van der Waals surface area contributed by atoms with Crippen molar-refractivity contribution >= 4 is 22.8 Å². The van der Waals surface area contributed by atoms with Gasteiger partial charge < -0.3 is 19.1 Å². The van der Waals surface area contributed by atoms with Crippen LogP contribution in [-0.2, 0) is 22.5 Å².